The number of pyridine rings is 1. The van der Waals surface area contributed by atoms with Crippen molar-refractivity contribution in [3.63, 3.8) is 0 Å². The molecule has 2 aromatic rings. The second kappa shape index (κ2) is 5.52. The van der Waals surface area contributed by atoms with E-state index < -0.39 is 0 Å². The highest BCUT2D eigenvalue weighted by Gasteiger charge is 2.16. The first-order valence-corrected chi connectivity index (χ1v) is 7.22. The molecule has 0 aliphatic carbocycles. The lowest BCUT2D eigenvalue weighted by Crippen LogP contribution is -2.11. The minimum Gasteiger partial charge on any atom is -0.383 e. The van der Waals surface area contributed by atoms with Gasteiger partial charge in [0, 0.05) is 31.6 Å². The van der Waals surface area contributed by atoms with E-state index in [2.05, 4.69) is 31.1 Å². The van der Waals surface area contributed by atoms with Crippen molar-refractivity contribution in [3.05, 3.63) is 34.7 Å². The first-order chi connectivity index (χ1) is 10.2. The normalized spacial score (nSPS) is 13.0. The third kappa shape index (κ3) is 2.59. The van der Waals surface area contributed by atoms with Gasteiger partial charge in [0.25, 0.3) is 0 Å². The molecule has 1 N–H and O–H groups in total. The van der Waals surface area contributed by atoms with Crippen LogP contribution in [-0.4, -0.2) is 26.3 Å². The van der Waals surface area contributed by atoms with E-state index in [-0.39, 0.29) is 0 Å². The van der Waals surface area contributed by atoms with Crippen molar-refractivity contribution >= 4 is 5.69 Å². The Morgan fingerprint density at radius 3 is 3.05 bits per heavy atom. The fourth-order valence-corrected chi connectivity index (χ4v) is 2.81. The van der Waals surface area contributed by atoms with E-state index in [0.717, 1.165) is 61.1 Å². The lowest BCUT2D eigenvalue weighted by Gasteiger charge is -2.10. The Kier molecular flexibility index (Phi) is 3.57. The number of nitriles is 1. The smallest absolute Gasteiger partial charge is 0.134 e. The van der Waals surface area contributed by atoms with Gasteiger partial charge in [0.1, 0.15) is 17.7 Å². The van der Waals surface area contributed by atoms with Crippen LogP contribution in [0.2, 0.25) is 0 Å². The number of nitrogens with zero attached hydrogens (tertiary/aromatic N) is 5. The van der Waals surface area contributed by atoms with E-state index in [1.54, 1.807) is 0 Å². The summed E-state index contributed by atoms with van der Waals surface area (Å²) in [6.07, 6.45) is 2.99. The van der Waals surface area contributed by atoms with Crippen LogP contribution in [0.3, 0.4) is 0 Å². The van der Waals surface area contributed by atoms with Crippen LogP contribution in [0, 0.1) is 25.2 Å². The molecular formula is C15H18N6. The predicted octanol–water partition coefficient (Wildman–Crippen LogP) is 1.76. The Balaban J connectivity index is 1.70. The molecule has 0 unspecified atom stereocenters. The van der Waals surface area contributed by atoms with Crippen LogP contribution in [-0.2, 0) is 19.4 Å². The van der Waals surface area contributed by atoms with Crippen LogP contribution < -0.4 is 5.32 Å². The zero-order valence-corrected chi connectivity index (χ0v) is 12.3. The monoisotopic (exact) mass is 282 g/mol. The zero-order valence-electron chi connectivity index (χ0n) is 12.3. The van der Waals surface area contributed by atoms with E-state index in [1.165, 1.54) is 0 Å². The van der Waals surface area contributed by atoms with Crippen molar-refractivity contribution in [3.8, 4) is 6.07 Å². The van der Waals surface area contributed by atoms with Crippen LogP contribution in [0.4, 0.5) is 5.69 Å². The largest absolute Gasteiger partial charge is 0.383 e. The highest BCUT2D eigenvalue weighted by Crippen LogP contribution is 2.19. The first-order valence-electron chi connectivity index (χ1n) is 7.22. The molecule has 0 aromatic carbocycles. The van der Waals surface area contributed by atoms with Crippen LogP contribution in [0.15, 0.2) is 6.07 Å². The quantitative estimate of drug-likeness (QED) is 0.924. The molecule has 0 radical (unpaired) electrons. The summed E-state index contributed by atoms with van der Waals surface area (Å²) in [5.74, 6) is 2.12. The third-order valence-corrected chi connectivity index (χ3v) is 3.79. The lowest BCUT2D eigenvalue weighted by molar-refractivity contribution is 0.687. The molecule has 0 atom stereocenters. The molecule has 3 rings (SSSR count). The average molecular weight is 282 g/mol. The van der Waals surface area contributed by atoms with E-state index in [1.807, 2.05) is 19.9 Å². The first kappa shape index (κ1) is 13.6. The number of rotatable bonds is 4. The van der Waals surface area contributed by atoms with Crippen LogP contribution >= 0.6 is 0 Å². The van der Waals surface area contributed by atoms with Gasteiger partial charge in [0.2, 0.25) is 0 Å². The van der Waals surface area contributed by atoms with Gasteiger partial charge >= 0.3 is 0 Å². The number of nitrogens with one attached hydrogen (secondary N) is 1. The van der Waals surface area contributed by atoms with Gasteiger partial charge in [0.15, 0.2) is 0 Å². The van der Waals surface area contributed by atoms with Gasteiger partial charge in [-0.15, -0.1) is 10.2 Å². The van der Waals surface area contributed by atoms with Gasteiger partial charge in [0.05, 0.1) is 16.9 Å². The van der Waals surface area contributed by atoms with Crippen molar-refractivity contribution in [2.24, 2.45) is 0 Å². The van der Waals surface area contributed by atoms with E-state index in [9.17, 15) is 5.26 Å². The van der Waals surface area contributed by atoms with Gasteiger partial charge in [-0.25, -0.2) is 0 Å². The minimum atomic E-state index is 0.618. The van der Waals surface area contributed by atoms with Gasteiger partial charge in [-0.05, 0) is 26.3 Å². The maximum absolute atomic E-state index is 9.24. The second-order valence-corrected chi connectivity index (χ2v) is 5.35. The molecular weight excluding hydrogens is 264 g/mol. The SMILES string of the molecule is Cc1cc(NCCc2nnc3n2CCC3)c(C#N)c(C)n1. The third-order valence-electron chi connectivity index (χ3n) is 3.79. The van der Waals surface area contributed by atoms with Crippen molar-refractivity contribution < 1.29 is 0 Å². The highest BCUT2D eigenvalue weighted by molar-refractivity contribution is 5.59. The molecule has 21 heavy (non-hydrogen) atoms. The van der Waals surface area contributed by atoms with E-state index in [4.69, 9.17) is 0 Å². The summed E-state index contributed by atoms with van der Waals surface area (Å²) in [4.78, 5) is 4.32. The Bertz CT molecular complexity index is 710. The maximum atomic E-state index is 9.24. The second-order valence-electron chi connectivity index (χ2n) is 5.35. The molecule has 1 aliphatic heterocycles. The topological polar surface area (TPSA) is 79.4 Å². The summed E-state index contributed by atoms with van der Waals surface area (Å²) < 4.78 is 2.20. The van der Waals surface area contributed by atoms with Gasteiger partial charge in [-0.2, -0.15) is 5.26 Å². The number of hydrogen-bond acceptors (Lipinski definition) is 5. The number of anilines is 1. The highest BCUT2D eigenvalue weighted by atomic mass is 15.3. The fourth-order valence-electron chi connectivity index (χ4n) is 2.81. The molecule has 0 saturated heterocycles. The Morgan fingerprint density at radius 2 is 2.24 bits per heavy atom. The van der Waals surface area contributed by atoms with Crippen molar-refractivity contribution in [1.29, 1.82) is 5.26 Å². The minimum absolute atomic E-state index is 0.618. The van der Waals surface area contributed by atoms with Gasteiger partial charge in [-0.1, -0.05) is 0 Å². The Labute approximate surface area is 123 Å². The Morgan fingerprint density at radius 1 is 1.38 bits per heavy atom. The summed E-state index contributed by atoms with van der Waals surface area (Å²) >= 11 is 0. The fraction of sp³-hybridized carbons (Fsp3) is 0.467. The summed E-state index contributed by atoms with van der Waals surface area (Å²) in [5.41, 5.74) is 3.15. The van der Waals surface area contributed by atoms with E-state index in [0.29, 0.717) is 5.56 Å². The maximum Gasteiger partial charge on any atom is 0.134 e. The Hall–Kier alpha value is -2.42. The van der Waals surface area contributed by atoms with Crippen molar-refractivity contribution in [2.45, 2.75) is 39.7 Å². The summed E-state index contributed by atoms with van der Waals surface area (Å²) in [6.45, 7) is 5.55. The zero-order chi connectivity index (χ0) is 14.8. The molecule has 0 bridgehead atoms. The number of aryl methyl sites for hydroxylation is 3. The van der Waals surface area contributed by atoms with Crippen LogP contribution in [0.25, 0.3) is 0 Å². The van der Waals surface area contributed by atoms with Crippen molar-refractivity contribution in [1.82, 2.24) is 19.7 Å². The van der Waals surface area contributed by atoms with Crippen LogP contribution in [0.5, 0.6) is 0 Å². The van der Waals surface area contributed by atoms with Crippen molar-refractivity contribution in [2.75, 3.05) is 11.9 Å². The number of hydrogen-bond donors (Lipinski definition) is 1. The number of aromatic nitrogens is 4. The molecule has 3 heterocycles. The molecule has 1 aliphatic rings. The van der Waals surface area contributed by atoms with Crippen LogP contribution in [0.1, 0.15) is 35.0 Å². The van der Waals surface area contributed by atoms with Gasteiger partial charge < -0.3 is 9.88 Å². The molecule has 0 fully saturated rings. The molecule has 0 spiro atoms. The molecule has 2 aromatic heterocycles. The molecule has 6 nitrogen and oxygen atoms in total. The molecule has 0 saturated carbocycles. The van der Waals surface area contributed by atoms with E-state index >= 15 is 0 Å². The summed E-state index contributed by atoms with van der Waals surface area (Å²) in [6, 6.07) is 4.13. The lowest BCUT2D eigenvalue weighted by atomic mass is 10.1. The van der Waals surface area contributed by atoms with Gasteiger partial charge in [-0.3, -0.25) is 4.98 Å². The predicted molar refractivity (Wildman–Crippen MR) is 79.0 cm³/mol. The standard InChI is InChI=1S/C15H18N6/c1-10-8-13(12(9-16)11(2)18-10)17-6-5-15-20-19-14-4-3-7-21(14)15/h8H,3-7H2,1-2H3,(H,17,18). The molecule has 108 valence electrons. The molecule has 0 amide bonds. The number of fused-ring (bicyclic) bond motifs is 1. The average Bonchev–Trinajstić information content (AvgIpc) is 3.03. The summed E-state index contributed by atoms with van der Waals surface area (Å²) in [5, 5.41) is 21.0. The summed E-state index contributed by atoms with van der Waals surface area (Å²) in [7, 11) is 0. The molecule has 6 heteroatoms.